The molecule has 0 atom stereocenters. The Balaban J connectivity index is 2.21. The van der Waals surface area contributed by atoms with Gasteiger partial charge in [-0.1, -0.05) is 23.8 Å². The Morgan fingerprint density at radius 2 is 1.68 bits per heavy atom. The zero-order chi connectivity index (χ0) is 18.2. The molecule has 0 aliphatic rings. The number of para-hydroxylation sites is 2. The molecule has 0 aliphatic heterocycles. The van der Waals surface area contributed by atoms with E-state index in [0.29, 0.717) is 0 Å². The number of alkyl halides is 3. The van der Waals surface area contributed by atoms with Crippen LogP contribution in [-0.4, -0.2) is 20.2 Å². The van der Waals surface area contributed by atoms with Crippen LogP contribution in [0.25, 0.3) is 22.9 Å². The van der Waals surface area contributed by atoms with E-state index in [1.54, 1.807) is 25.1 Å². The molecule has 1 aromatic heterocycles. The minimum Gasteiger partial charge on any atom is -0.507 e. The van der Waals surface area contributed by atoms with E-state index in [-0.39, 0.29) is 22.3 Å². The zero-order valence-electron chi connectivity index (χ0n) is 13.0. The third-order valence-electron chi connectivity index (χ3n) is 3.57. The third-order valence-corrected chi connectivity index (χ3v) is 3.57. The highest BCUT2D eigenvalue weighted by Gasteiger charge is 2.36. The number of aliphatic hydroxyl groups is 1. The van der Waals surface area contributed by atoms with E-state index in [0.717, 1.165) is 11.6 Å². The number of benzene rings is 2. The fourth-order valence-electron chi connectivity index (χ4n) is 2.39. The first-order valence-electron chi connectivity index (χ1n) is 7.30. The Bertz CT molecular complexity index is 982. The zero-order valence-corrected chi connectivity index (χ0v) is 13.0. The maximum absolute atomic E-state index is 13.3. The van der Waals surface area contributed by atoms with Crippen molar-refractivity contribution in [1.29, 1.82) is 0 Å². The molecule has 2 aromatic carbocycles. The van der Waals surface area contributed by atoms with Crippen molar-refractivity contribution in [3.63, 3.8) is 0 Å². The number of aliphatic hydroxyl groups excluding tert-OH is 1. The van der Waals surface area contributed by atoms with E-state index in [1.807, 2.05) is 0 Å². The number of halogens is 3. The van der Waals surface area contributed by atoms with Crippen molar-refractivity contribution in [2.24, 2.45) is 0 Å². The van der Waals surface area contributed by atoms with Crippen LogP contribution in [0.3, 0.4) is 0 Å². The van der Waals surface area contributed by atoms with Gasteiger partial charge in [0.2, 0.25) is 0 Å². The summed E-state index contributed by atoms with van der Waals surface area (Å²) in [5.74, 6) is -0.780. The molecule has 4 nitrogen and oxygen atoms in total. The summed E-state index contributed by atoms with van der Waals surface area (Å²) in [6.45, 7) is 1.73. The number of hydrogen-bond donors (Lipinski definition) is 2. The maximum Gasteiger partial charge on any atom is 0.435 e. The quantitative estimate of drug-likeness (QED) is 0.659. The average Bonchev–Trinajstić information content (AvgIpc) is 2.55. The van der Waals surface area contributed by atoms with Crippen molar-refractivity contribution < 1.29 is 23.4 Å². The van der Waals surface area contributed by atoms with Crippen LogP contribution in [0.15, 0.2) is 42.5 Å². The molecule has 0 amide bonds. The first kappa shape index (κ1) is 16.8. The molecule has 3 rings (SSSR count). The fraction of sp³-hybridized carbons (Fsp3) is 0.111. The average molecular weight is 346 g/mol. The molecule has 128 valence electrons. The molecule has 0 saturated heterocycles. The fourth-order valence-corrected chi connectivity index (χ4v) is 2.39. The molecule has 7 heteroatoms. The van der Waals surface area contributed by atoms with Crippen LogP contribution in [0.2, 0.25) is 0 Å². The van der Waals surface area contributed by atoms with Gasteiger partial charge in [-0.15, -0.1) is 0 Å². The van der Waals surface area contributed by atoms with Crippen molar-refractivity contribution in [3.05, 3.63) is 65.0 Å². The molecule has 25 heavy (non-hydrogen) atoms. The predicted octanol–water partition coefficient (Wildman–Crippen LogP) is 4.72. The van der Waals surface area contributed by atoms with Gasteiger partial charge in [0, 0.05) is 6.08 Å². The third kappa shape index (κ3) is 3.40. The van der Waals surface area contributed by atoms with E-state index in [2.05, 4.69) is 9.97 Å². The van der Waals surface area contributed by atoms with Gasteiger partial charge >= 0.3 is 6.18 Å². The number of aromatic hydroxyl groups is 1. The van der Waals surface area contributed by atoms with E-state index in [1.165, 1.54) is 24.3 Å². The number of phenols is 1. The van der Waals surface area contributed by atoms with E-state index >= 15 is 0 Å². The summed E-state index contributed by atoms with van der Waals surface area (Å²) >= 11 is 0. The molecule has 0 aliphatic carbocycles. The lowest BCUT2D eigenvalue weighted by Crippen LogP contribution is -2.12. The summed E-state index contributed by atoms with van der Waals surface area (Å²) in [5, 5.41) is 20.0. The predicted molar refractivity (Wildman–Crippen MR) is 87.9 cm³/mol. The maximum atomic E-state index is 13.3. The lowest BCUT2D eigenvalue weighted by atomic mass is 10.1. The highest BCUT2D eigenvalue weighted by atomic mass is 19.4. The van der Waals surface area contributed by atoms with Gasteiger partial charge in [0.15, 0.2) is 5.69 Å². The Kier molecular flexibility index (Phi) is 4.08. The van der Waals surface area contributed by atoms with Crippen LogP contribution < -0.4 is 0 Å². The molecule has 0 fully saturated rings. The van der Waals surface area contributed by atoms with Crippen LogP contribution in [0, 0.1) is 6.92 Å². The second-order valence-electron chi connectivity index (χ2n) is 5.49. The van der Waals surface area contributed by atoms with Crippen molar-refractivity contribution >= 4 is 22.9 Å². The number of aryl methyl sites for hydroxylation is 1. The Hall–Kier alpha value is -3.09. The molecule has 0 saturated carbocycles. The first-order chi connectivity index (χ1) is 11.8. The Labute approximate surface area is 140 Å². The van der Waals surface area contributed by atoms with Gasteiger partial charge < -0.3 is 10.2 Å². The van der Waals surface area contributed by atoms with Crippen LogP contribution in [0.1, 0.15) is 22.5 Å². The Morgan fingerprint density at radius 1 is 1.04 bits per heavy atom. The summed E-state index contributed by atoms with van der Waals surface area (Å²) < 4.78 is 39.9. The molecule has 3 aromatic rings. The monoisotopic (exact) mass is 346 g/mol. The molecule has 0 unspecified atom stereocenters. The van der Waals surface area contributed by atoms with E-state index in [9.17, 15) is 23.4 Å². The van der Waals surface area contributed by atoms with Crippen LogP contribution in [0.5, 0.6) is 5.75 Å². The van der Waals surface area contributed by atoms with Gasteiger partial charge in [-0.2, -0.15) is 13.2 Å². The van der Waals surface area contributed by atoms with Crippen LogP contribution >= 0.6 is 0 Å². The smallest absolute Gasteiger partial charge is 0.435 e. The largest absolute Gasteiger partial charge is 0.507 e. The van der Waals surface area contributed by atoms with Crippen LogP contribution in [-0.2, 0) is 6.18 Å². The van der Waals surface area contributed by atoms with Gasteiger partial charge in [0.05, 0.1) is 22.3 Å². The number of aromatic nitrogens is 2. The summed E-state index contributed by atoms with van der Waals surface area (Å²) in [7, 11) is 0. The molecule has 1 heterocycles. The minimum atomic E-state index is -4.74. The molecule has 0 bridgehead atoms. The second kappa shape index (κ2) is 6.08. The van der Waals surface area contributed by atoms with Crippen molar-refractivity contribution in [3.8, 4) is 5.75 Å². The standard InChI is InChI=1S/C18H13F3N2O2/c1-10-6-7-15(24)11(8-10)16(25)9-14-17(18(19,20)21)23-13-5-3-2-4-12(13)22-14/h2-9,24-25H,1H3/b16-9-. The molecular weight excluding hydrogens is 333 g/mol. The highest BCUT2D eigenvalue weighted by molar-refractivity contribution is 5.82. The van der Waals surface area contributed by atoms with Crippen molar-refractivity contribution in [2.45, 2.75) is 13.1 Å². The topological polar surface area (TPSA) is 66.2 Å². The van der Waals surface area contributed by atoms with E-state index < -0.39 is 23.3 Å². The summed E-state index contributed by atoms with van der Waals surface area (Å²) in [5.41, 5.74) is -0.612. The van der Waals surface area contributed by atoms with Gasteiger partial charge in [-0.3, -0.25) is 0 Å². The molecule has 0 radical (unpaired) electrons. The Morgan fingerprint density at radius 3 is 2.32 bits per heavy atom. The van der Waals surface area contributed by atoms with Gasteiger partial charge in [0.1, 0.15) is 11.5 Å². The molecule has 2 N–H and O–H groups in total. The molecule has 0 spiro atoms. The number of fused-ring (bicyclic) bond motifs is 1. The SMILES string of the molecule is Cc1ccc(O)c(/C(O)=C/c2nc3ccccc3nc2C(F)(F)F)c1. The molecular formula is C18H13F3N2O2. The summed E-state index contributed by atoms with van der Waals surface area (Å²) in [6, 6.07) is 10.6. The summed E-state index contributed by atoms with van der Waals surface area (Å²) in [4.78, 5) is 7.59. The lowest BCUT2D eigenvalue weighted by Gasteiger charge is -2.11. The number of nitrogens with zero attached hydrogens (tertiary/aromatic N) is 2. The van der Waals surface area contributed by atoms with Gasteiger partial charge in [-0.05, 0) is 31.2 Å². The van der Waals surface area contributed by atoms with Gasteiger partial charge in [-0.25, -0.2) is 9.97 Å². The number of rotatable bonds is 2. The first-order valence-corrected chi connectivity index (χ1v) is 7.30. The van der Waals surface area contributed by atoms with Gasteiger partial charge in [0.25, 0.3) is 0 Å². The van der Waals surface area contributed by atoms with Crippen molar-refractivity contribution in [1.82, 2.24) is 9.97 Å². The lowest BCUT2D eigenvalue weighted by molar-refractivity contribution is -0.141. The second-order valence-corrected chi connectivity index (χ2v) is 5.49. The van der Waals surface area contributed by atoms with E-state index in [4.69, 9.17) is 0 Å². The highest BCUT2D eigenvalue weighted by Crippen LogP contribution is 2.33. The minimum absolute atomic E-state index is 0.0167. The number of phenolic OH excluding ortho intramolecular Hbond substituents is 1. The van der Waals surface area contributed by atoms with Crippen molar-refractivity contribution in [2.75, 3.05) is 0 Å². The summed E-state index contributed by atoms with van der Waals surface area (Å²) in [6.07, 6.45) is -3.88. The number of hydrogen-bond acceptors (Lipinski definition) is 4. The normalized spacial score (nSPS) is 12.6. The van der Waals surface area contributed by atoms with Crippen LogP contribution in [0.4, 0.5) is 13.2 Å².